The quantitative estimate of drug-likeness (QED) is 0.467. The first-order valence-electron chi connectivity index (χ1n) is 8.04. The monoisotopic (exact) mass is 350 g/mol. The fourth-order valence-corrected chi connectivity index (χ4v) is 2.68. The number of primary amides is 1. The number of hydrazone groups is 1. The smallest absolute Gasteiger partial charge is 0.275 e. The Labute approximate surface area is 149 Å². The molecule has 0 spiro atoms. The summed E-state index contributed by atoms with van der Waals surface area (Å²) in [6.45, 7) is 0.466. The topological polar surface area (TPSA) is 110 Å². The van der Waals surface area contributed by atoms with Crippen molar-refractivity contribution in [1.82, 2.24) is 9.99 Å². The van der Waals surface area contributed by atoms with Crippen LogP contribution in [-0.2, 0) is 11.3 Å². The van der Waals surface area contributed by atoms with Gasteiger partial charge in [-0.05, 0) is 18.2 Å². The zero-order valence-corrected chi connectivity index (χ0v) is 13.9. The number of phenols is 1. The lowest BCUT2D eigenvalue weighted by molar-refractivity contribution is -0.118. The summed E-state index contributed by atoms with van der Waals surface area (Å²) < 4.78 is 1.92. The van der Waals surface area contributed by atoms with Gasteiger partial charge < -0.3 is 15.4 Å². The van der Waals surface area contributed by atoms with E-state index in [4.69, 9.17) is 5.73 Å². The molecule has 132 valence electrons. The fourth-order valence-electron chi connectivity index (χ4n) is 2.68. The molecular weight excluding hydrogens is 332 g/mol. The third kappa shape index (κ3) is 3.72. The zero-order valence-electron chi connectivity index (χ0n) is 13.9. The van der Waals surface area contributed by atoms with Crippen LogP contribution in [0.1, 0.15) is 22.3 Å². The molecule has 1 aromatic heterocycles. The molecule has 2 amide bonds. The third-order valence-electron chi connectivity index (χ3n) is 3.94. The van der Waals surface area contributed by atoms with Gasteiger partial charge in [0.1, 0.15) is 5.75 Å². The van der Waals surface area contributed by atoms with Crippen LogP contribution in [0.2, 0.25) is 0 Å². The van der Waals surface area contributed by atoms with E-state index in [-0.39, 0.29) is 23.6 Å². The summed E-state index contributed by atoms with van der Waals surface area (Å²) >= 11 is 0. The minimum absolute atomic E-state index is 0.108. The van der Waals surface area contributed by atoms with E-state index in [9.17, 15) is 14.7 Å². The lowest BCUT2D eigenvalue weighted by Gasteiger charge is -2.02. The van der Waals surface area contributed by atoms with Crippen LogP contribution in [0.4, 0.5) is 0 Å². The number of hydrogen-bond donors (Lipinski definition) is 3. The zero-order chi connectivity index (χ0) is 18.5. The Hall–Kier alpha value is -3.61. The minimum atomic E-state index is -0.503. The highest BCUT2D eigenvalue weighted by Gasteiger charge is 2.10. The Morgan fingerprint density at radius 3 is 2.65 bits per heavy atom. The highest BCUT2D eigenvalue weighted by Crippen LogP contribution is 2.20. The number of aromatic nitrogens is 1. The van der Waals surface area contributed by atoms with Gasteiger partial charge >= 0.3 is 0 Å². The number of rotatable bonds is 6. The average molecular weight is 350 g/mol. The Morgan fingerprint density at radius 2 is 1.88 bits per heavy atom. The van der Waals surface area contributed by atoms with Crippen LogP contribution in [0.5, 0.6) is 5.75 Å². The predicted molar refractivity (Wildman–Crippen MR) is 98.9 cm³/mol. The van der Waals surface area contributed by atoms with Crippen molar-refractivity contribution in [3.8, 4) is 5.75 Å². The molecule has 2 aromatic carbocycles. The SMILES string of the molecule is NC(=O)CCn1cc(/C=N\NC(=O)c2ccccc2O)c2ccccc21. The second-order valence-corrected chi connectivity index (χ2v) is 5.73. The third-order valence-corrected chi connectivity index (χ3v) is 3.94. The molecule has 0 fully saturated rings. The molecule has 7 heteroatoms. The summed E-state index contributed by atoms with van der Waals surface area (Å²) in [5, 5.41) is 14.6. The van der Waals surface area contributed by atoms with E-state index in [0.717, 1.165) is 16.5 Å². The van der Waals surface area contributed by atoms with E-state index >= 15 is 0 Å². The molecule has 0 aliphatic carbocycles. The van der Waals surface area contributed by atoms with Crippen molar-refractivity contribution in [2.24, 2.45) is 10.8 Å². The molecule has 0 saturated heterocycles. The summed E-state index contributed by atoms with van der Waals surface area (Å²) in [5.74, 6) is -0.979. The normalized spacial score (nSPS) is 11.1. The average Bonchev–Trinajstić information content (AvgIpc) is 2.98. The Bertz CT molecular complexity index is 991. The molecule has 0 aliphatic rings. The van der Waals surface area contributed by atoms with Crippen molar-refractivity contribution < 1.29 is 14.7 Å². The van der Waals surface area contributed by atoms with Crippen LogP contribution in [0.15, 0.2) is 59.8 Å². The molecule has 0 unspecified atom stereocenters. The number of para-hydroxylation sites is 2. The first kappa shape index (κ1) is 17.2. The molecule has 0 radical (unpaired) electrons. The summed E-state index contributed by atoms with van der Waals surface area (Å²) in [5.41, 5.74) is 9.51. The number of carbonyl (C=O) groups excluding carboxylic acids is 2. The fraction of sp³-hybridized carbons (Fsp3) is 0.105. The van der Waals surface area contributed by atoms with E-state index < -0.39 is 5.91 Å². The number of fused-ring (bicyclic) bond motifs is 1. The molecule has 1 heterocycles. The van der Waals surface area contributed by atoms with Gasteiger partial charge in [-0.15, -0.1) is 0 Å². The molecule has 0 atom stereocenters. The highest BCUT2D eigenvalue weighted by atomic mass is 16.3. The summed E-state index contributed by atoms with van der Waals surface area (Å²) in [6, 6.07) is 13.9. The van der Waals surface area contributed by atoms with Gasteiger partial charge in [0.05, 0.1) is 11.8 Å². The van der Waals surface area contributed by atoms with Crippen LogP contribution in [0.3, 0.4) is 0 Å². The van der Waals surface area contributed by atoms with Gasteiger partial charge in [0.2, 0.25) is 5.91 Å². The molecule has 7 nitrogen and oxygen atoms in total. The highest BCUT2D eigenvalue weighted by molar-refractivity contribution is 6.01. The number of nitrogens with one attached hydrogen (secondary N) is 1. The lowest BCUT2D eigenvalue weighted by atomic mass is 10.2. The van der Waals surface area contributed by atoms with Crippen LogP contribution in [0.25, 0.3) is 10.9 Å². The van der Waals surface area contributed by atoms with Crippen LogP contribution in [0, 0.1) is 0 Å². The molecule has 3 aromatic rings. The Kier molecular flexibility index (Phi) is 4.98. The number of hydrogen-bond acceptors (Lipinski definition) is 4. The summed E-state index contributed by atoms with van der Waals surface area (Å²) in [7, 11) is 0. The maximum atomic E-state index is 12.1. The van der Waals surface area contributed by atoms with E-state index in [1.807, 2.05) is 35.0 Å². The molecular formula is C19H18N4O3. The van der Waals surface area contributed by atoms with Crippen molar-refractivity contribution in [3.63, 3.8) is 0 Å². The number of nitrogens with zero attached hydrogens (tertiary/aromatic N) is 2. The second-order valence-electron chi connectivity index (χ2n) is 5.73. The molecule has 4 N–H and O–H groups in total. The van der Waals surface area contributed by atoms with Gasteiger partial charge in [-0.2, -0.15) is 5.10 Å². The molecule has 0 saturated carbocycles. The van der Waals surface area contributed by atoms with Crippen molar-refractivity contribution >= 4 is 28.9 Å². The van der Waals surface area contributed by atoms with E-state index in [1.54, 1.807) is 12.1 Å². The van der Waals surface area contributed by atoms with Gasteiger partial charge in [-0.1, -0.05) is 30.3 Å². The number of aryl methyl sites for hydroxylation is 1. The van der Waals surface area contributed by atoms with E-state index in [1.165, 1.54) is 18.3 Å². The number of nitrogens with two attached hydrogens (primary N) is 1. The van der Waals surface area contributed by atoms with Crippen LogP contribution in [-0.4, -0.2) is 27.7 Å². The molecule has 3 rings (SSSR count). The number of phenolic OH excluding ortho intramolecular Hbond substituents is 1. The number of amides is 2. The molecule has 0 aliphatic heterocycles. The standard InChI is InChI=1S/C19H18N4O3/c20-18(25)9-10-23-12-13(14-5-1-3-7-16(14)23)11-21-22-19(26)15-6-2-4-8-17(15)24/h1-8,11-12,24H,9-10H2,(H2,20,25)(H,22,26)/b21-11-. The molecule has 26 heavy (non-hydrogen) atoms. The van der Waals surface area contributed by atoms with Gasteiger partial charge in [-0.3, -0.25) is 9.59 Å². The van der Waals surface area contributed by atoms with Gasteiger partial charge in [0.15, 0.2) is 0 Å². The van der Waals surface area contributed by atoms with Crippen LogP contribution >= 0.6 is 0 Å². The number of aromatic hydroxyl groups is 1. The van der Waals surface area contributed by atoms with Crippen LogP contribution < -0.4 is 11.2 Å². The second kappa shape index (κ2) is 7.52. The van der Waals surface area contributed by atoms with Gasteiger partial charge in [-0.25, -0.2) is 5.43 Å². The van der Waals surface area contributed by atoms with Gasteiger partial charge in [0, 0.05) is 35.6 Å². The number of carbonyl (C=O) groups is 2. The van der Waals surface area contributed by atoms with E-state index in [2.05, 4.69) is 10.5 Å². The Morgan fingerprint density at radius 1 is 1.15 bits per heavy atom. The van der Waals surface area contributed by atoms with Crippen molar-refractivity contribution in [2.75, 3.05) is 0 Å². The maximum absolute atomic E-state index is 12.1. The first-order valence-corrected chi connectivity index (χ1v) is 8.04. The van der Waals surface area contributed by atoms with E-state index in [0.29, 0.717) is 6.54 Å². The van der Waals surface area contributed by atoms with Gasteiger partial charge in [0.25, 0.3) is 5.91 Å². The van der Waals surface area contributed by atoms with Crippen molar-refractivity contribution in [1.29, 1.82) is 0 Å². The minimum Gasteiger partial charge on any atom is -0.507 e. The largest absolute Gasteiger partial charge is 0.507 e. The first-order chi connectivity index (χ1) is 12.6. The predicted octanol–water partition coefficient (Wildman–Crippen LogP) is 1.99. The maximum Gasteiger partial charge on any atom is 0.275 e. The summed E-state index contributed by atoms with van der Waals surface area (Å²) in [4.78, 5) is 23.1. The summed E-state index contributed by atoms with van der Waals surface area (Å²) in [6.07, 6.45) is 3.61. The lowest BCUT2D eigenvalue weighted by Crippen LogP contribution is -2.17. The van der Waals surface area contributed by atoms with Crippen molar-refractivity contribution in [3.05, 3.63) is 65.9 Å². The molecule has 0 bridgehead atoms. The van der Waals surface area contributed by atoms with Crippen molar-refractivity contribution in [2.45, 2.75) is 13.0 Å². The Balaban J connectivity index is 1.80. The number of benzene rings is 2.